The highest BCUT2D eigenvalue weighted by molar-refractivity contribution is 7.89. The van der Waals surface area contributed by atoms with Crippen molar-refractivity contribution in [2.75, 3.05) is 0 Å². The molecule has 1 saturated carbocycles. The quantitative estimate of drug-likeness (QED) is 0.843. The average Bonchev–Trinajstić information content (AvgIpc) is 3.14. The molecule has 0 saturated heterocycles. The van der Waals surface area contributed by atoms with Gasteiger partial charge in [0.05, 0.1) is 10.5 Å². The van der Waals surface area contributed by atoms with Gasteiger partial charge in [-0.1, -0.05) is 12.8 Å². The number of hydrogen-bond donors (Lipinski definition) is 2. The lowest BCUT2D eigenvalue weighted by Crippen LogP contribution is -2.33. The second-order valence-corrected chi connectivity index (χ2v) is 7.27. The van der Waals surface area contributed by atoms with E-state index in [2.05, 4.69) is 4.72 Å². The van der Waals surface area contributed by atoms with E-state index >= 15 is 0 Å². The van der Waals surface area contributed by atoms with E-state index in [0.717, 1.165) is 31.4 Å². The first-order valence-electron chi connectivity index (χ1n) is 6.76. The lowest BCUT2D eigenvalue weighted by molar-refractivity contribution is 0.0696. The molecule has 1 aliphatic rings. The van der Waals surface area contributed by atoms with Crippen molar-refractivity contribution < 1.29 is 22.7 Å². The van der Waals surface area contributed by atoms with Gasteiger partial charge in [-0.05, 0) is 38.3 Å². The Morgan fingerprint density at radius 3 is 2.62 bits per heavy atom. The molecule has 0 spiro atoms. The number of sulfonamides is 1. The van der Waals surface area contributed by atoms with Crippen LogP contribution in [-0.4, -0.2) is 25.5 Å². The van der Waals surface area contributed by atoms with E-state index in [-0.39, 0.29) is 22.1 Å². The summed E-state index contributed by atoms with van der Waals surface area (Å²) in [5.41, 5.74) is -0.459. The van der Waals surface area contributed by atoms with Gasteiger partial charge in [-0.3, -0.25) is 0 Å². The van der Waals surface area contributed by atoms with Crippen LogP contribution in [-0.2, 0) is 10.0 Å². The standard InChI is InChI=1S/C14H18FNO4S/c1-8(5-10-3-4-10)16-21(19,20)13-7-11(14(17)18)6-12(15)9(13)2/h6-8,10,16H,3-5H2,1-2H3,(H,17,18). The van der Waals surface area contributed by atoms with Crippen LogP contribution in [0.1, 0.15) is 42.1 Å². The number of halogens is 1. The van der Waals surface area contributed by atoms with Gasteiger partial charge in [0.1, 0.15) is 5.82 Å². The molecular weight excluding hydrogens is 297 g/mol. The molecule has 1 unspecified atom stereocenters. The van der Waals surface area contributed by atoms with Crippen LogP contribution >= 0.6 is 0 Å². The Morgan fingerprint density at radius 2 is 2.10 bits per heavy atom. The van der Waals surface area contributed by atoms with Crippen LogP contribution in [0.15, 0.2) is 17.0 Å². The van der Waals surface area contributed by atoms with Gasteiger partial charge < -0.3 is 5.11 Å². The van der Waals surface area contributed by atoms with Crippen LogP contribution in [0.3, 0.4) is 0 Å². The molecule has 0 radical (unpaired) electrons. The lowest BCUT2D eigenvalue weighted by atomic mass is 10.1. The van der Waals surface area contributed by atoms with E-state index in [9.17, 15) is 17.6 Å². The summed E-state index contributed by atoms with van der Waals surface area (Å²) >= 11 is 0. The van der Waals surface area contributed by atoms with Crippen LogP contribution in [0.4, 0.5) is 4.39 Å². The first-order chi connectivity index (χ1) is 9.70. The van der Waals surface area contributed by atoms with Crippen molar-refractivity contribution in [3.8, 4) is 0 Å². The number of carbonyl (C=O) groups is 1. The van der Waals surface area contributed by atoms with Crippen LogP contribution in [0.25, 0.3) is 0 Å². The highest BCUT2D eigenvalue weighted by Gasteiger charge is 2.28. The van der Waals surface area contributed by atoms with E-state index < -0.39 is 21.8 Å². The predicted molar refractivity (Wildman–Crippen MR) is 75.2 cm³/mol. The summed E-state index contributed by atoms with van der Waals surface area (Å²) in [6.45, 7) is 3.07. The van der Waals surface area contributed by atoms with Crippen molar-refractivity contribution >= 4 is 16.0 Å². The number of hydrogen-bond acceptors (Lipinski definition) is 3. The molecule has 1 aliphatic carbocycles. The lowest BCUT2D eigenvalue weighted by Gasteiger charge is -2.16. The van der Waals surface area contributed by atoms with Crippen LogP contribution in [0.2, 0.25) is 0 Å². The Kier molecular flexibility index (Phi) is 4.34. The largest absolute Gasteiger partial charge is 0.478 e. The maximum Gasteiger partial charge on any atom is 0.335 e. The Labute approximate surface area is 123 Å². The van der Waals surface area contributed by atoms with Crippen LogP contribution in [0, 0.1) is 18.7 Å². The molecule has 0 aromatic heterocycles. The molecule has 116 valence electrons. The molecule has 0 amide bonds. The third-order valence-electron chi connectivity index (χ3n) is 3.57. The Morgan fingerprint density at radius 1 is 1.48 bits per heavy atom. The predicted octanol–water partition coefficient (Wildman–Crippen LogP) is 2.30. The summed E-state index contributed by atoms with van der Waals surface area (Å²) in [6, 6.07) is 1.55. The van der Waals surface area contributed by atoms with Crippen LogP contribution < -0.4 is 4.72 Å². The Bertz CT molecular complexity index is 668. The molecule has 1 aromatic carbocycles. The summed E-state index contributed by atoms with van der Waals surface area (Å²) in [5.74, 6) is -1.66. The molecule has 7 heteroatoms. The van der Waals surface area contributed by atoms with Gasteiger partial charge in [0.15, 0.2) is 0 Å². The van der Waals surface area contributed by atoms with Gasteiger partial charge in [0.25, 0.3) is 0 Å². The number of aromatic carboxylic acids is 1. The molecule has 21 heavy (non-hydrogen) atoms. The summed E-state index contributed by atoms with van der Waals surface area (Å²) in [4.78, 5) is 10.6. The number of carboxylic acid groups (broad SMARTS) is 1. The van der Waals surface area contributed by atoms with Crippen LogP contribution in [0.5, 0.6) is 0 Å². The molecule has 1 aromatic rings. The first-order valence-corrected chi connectivity index (χ1v) is 8.25. The van der Waals surface area contributed by atoms with E-state index in [0.29, 0.717) is 5.92 Å². The fraction of sp³-hybridized carbons (Fsp3) is 0.500. The maximum absolute atomic E-state index is 13.7. The van der Waals surface area contributed by atoms with E-state index in [1.807, 2.05) is 0 Å². The molecule has 2 N–H and O–H groups in total. The topological polar surface area (TPSA) is 83.5 Å². The summed E-state index contributed by atoms with van der Waals surface area (Å²) in [7, 11) is -3.94. The molecule has 0 aliphatic heterocycles. The third kappa shape index (κ3) is 3.79. The van der Waals surface area contributed by atoms with Crippen molar-refractivity contribution in [1.82, 2.24) is 4.72 Å². The molecule has 2 rings (SSSR count). The normalized spacial score (nSPS) is 16.7. The average molecular weight is 315 g/mol. The molecule has 5 nitrogen and oxygen atoms in total. The zero-order chi connectivity index (χ0) is 15.8. The van der Waals surface area contributed by atoms with Crippen molar-refractivity contribution in [2.24, 2.45) is 5.92 Å². The Balaban J connectivity index is 2.31. The van der Waals surface area contributed by atoms with Crippen molar-refractivity contribution in [3.05, 3.63) is 29.1 Å². The molecular formula is C14H18FNO4S. The van der Waals surface area contributed by atoms with E-state index in [1.165, 1.54) is 6.92 Å². The van der Waals surface area contributed by atoms with Gasteiger partial charge in [-0.15, -0.1) is 0 Å². The number of nitrogens with one attached hydrogen (secondary N) is 1. The van der Waals surface area contributed by atoms with Crippen molar-refractivity contribution in [2.45, 2.75) is 44.0 Å². The van der Waals surface area contributed by atoms with Gasteiger partial charge in [0, 0.05) is 11.6 Å². The zero-order valence-electron chi connectivity index (χ0n) is 11.9. The second-order valence-electron chi connectivity index (χ2n) is 5.59. The van der Waals surface area contributed by atoms with Crippen molar-refractivity contribution in [1.29, 1.82) is 0 Å². The SMILES string of the molecule is Cc1c(F)cc(C(=O)O)cc1S(=O)(=O)NC(C)CC1CC1. The molecule has 1 fully saturated rings. The minimum atomic E-state index is -3.94. The molecule has 0 bridgehead atoms. The maximum atomic E-state index is 13.7. The zero-order valence-corrected chi connectivity index (χ0v) is 12.7. The number of benzene rings is 1. The minimum absolute atomic E-state index is 0.0777. The van der Waals surface area contributed by atoms with E-state index in [4.69, 9.17) is 5.11 Å². The fourth-order valence-electron chi connectivity index (χ4n) is 2.29. The summed E-state index contributed by atoms with van der Waals surface area (Å²) in [6.07, 6.45) is 2.95. The number of rotatable bonds is 6. The Hall–Kier alpha value is -1.47. The van der Waals surface area contributed by atoms with E-state index in [1.54, 1.807) is 6.92 Å². The second kappa shape index (κ2) is 5.73. The summed E-state index contributed by atoms with van der Waals surface area (Å²) in [5, 5.41) is 8.92. The number of carboxylic acids is 1. The van der Waals surface area contributed by atoms with Gasteiger partial charge in [-0.25, -0.2) is 22.3 Å². The summed E-state index contributed by atoms with van der Waals surface area (Å²) < 4.78 is 40.9. The van der Waals surface area contributed by atoms with Gasteiger partial charge >= 0.3 is 5.97 Å². The highest BCUT2D eigenvalue weighted by atomic mass is 32.2. The fourth-order valence-corrected chi connectivity index (χ4v) is 3.82. The highest BCUT2D eigenvalue weighted by Crippen LogP contribution is 2.33. The van der Waals surface area contributed by atoms with Crippen molar-refractivity contribution in [3.63, 3.8) is 0 Å². The van der Waals surface area contributed by atoms with Gasteiger partial charge in [0.2, 0.25) is 10.0 Å². The smallest absolute Gasteiger partial charge is 0.335 e. The first kappa shape index (κ1) is 15.9. The third-order valence-corrected chi connectivity index (χ3v) is 5.29. The monoisotopic (exact) mass is 315 g/mol. The van der Waals surface area contributed by atoms with Gasteiger partial charge in [-0.2, -0.15) is 0 Å². The molecule has 1 atom stereocenters. The molecule has 0 heterocycles. The minimum Gasteiger partial charge on any atom is -0.478 e.